The number of rotatable bonds is 2. The zero-order valence-electron chi connectivity index (χ0n) is 9.32. The number of aliphatic hydroxyl groups excluding tert-OH is 1. The zero-order chi connectivity index (χ0) is 11.5. The smallest absolute Gasteiger partial charge is 0.125 e. The van der Waals surface area contributed by atoms with E-state index in [1.54, 1.807) is 6.07 Å². The molecular formula is C13H18FNO. The highest BCUT2D eigenvalue weighted by Crippen LogP contribution is 2.36. The van der Waals surface area contributed by atoms with Gasteiger partial charge in [-0.05, 0) is 30.9 Å². The van der Waals surface area contributed by atoms with Crippen LogP contribution in [0.4, 0.5) is 10.1 Å². The summed E-state index contributed by atoms with van der Waals surface area (Å²) in [4.78, 5) is 0. The summed E-state index contributed by atoms with van der Waals surface area (Å²) >= 11 is 0. The summed E-state index contributed by atoms with van der Waals surface area (Å²) in [5.41, 5.74) is 6.76. The molecule has 3 heteroatoms. The summed E-state index contributed by atoms with van der Waals surface area (Å²) in [6, 6.07) is 4.24. The number of nitrogens with two attached hydrogens (primary N) is 1. The Bertz CT molecular complexity index is 361. The first-order chi connectivity index (χ1) is 7.68. The summed E-state index contributed by atoms with van der Waals surface area (Å²) in [5, 5.41) is 10.2. The van der Waals surface area contributed by atoms with E-state index in [9.17, 15) is 9.50 Å². The lowest BCUT2D eigenvalue weighted by molar-refractivity contribution is 0.0854. The molecule has 1 aliphatic carbocycles. The molecule has 1 aliphatic rings. The third-order valence-electron chi connectivity index (χ3n) is 3.46. The van der Waals surface area contributed by atoms with Crippen LogP contribution in [-0.4, -0.2) is 5.11 Å². The van der Waals surface area contributed by atoms with Gasteiger partial charge < -0.3 is 10.8 Å². The number of halogens is 1. The van der Waals surface area contributed by atoms with E-state index >= 15 is 0 Å². The summed E-state index contributed by atoms with van der Waals surface area (Å²) in [7, 11) is 0. The van der Waals surface area contributed by atoms with E-state index in [-0.39, 0.29) is 11.7 Å². The molecular weight excluding hydrogens is 205 g/mol. The number of benzene rings is 1. The first-order valence-corrected chi connectivity index (χ1v) is 5.91. The van der Waals surface area contributed by atoms with E-state index in [2.05, 4.69) is 0 Å². The van der Waals surface area contributed by atoms with E-state index in [1.165, 1.54) is 31.4 Å². The minimum atomic E-state index is -0.541. The molecule has 1 aromatic rings. The minimum absolute atomic E-state index is 0.279. The fourth-order valence-electron chi connectivity index (χ4n) is 2.52. The monoisotopic (exact) mass is 223 g/mol. The van der Waals surface area contributed by atoms with Gasteiger partial charge >= 0.3 is 0 Å². The van der Waals surface area contributed by atoms with Crippen molar-refractivity contribution in [2.24, 2.45) is 5.92 Å². The van der Waals surface area contributed by atoms with Crippen LogP contribution in [-0.2, 0) is 0 Å². The van der Waals surface area contributed by atoms with Gasteiger partial charge in [0.2, 0.25) is 0 Å². The molecule has 1 fully saturated rings. The summed E-state index contributed by atoms with van der Waals surface area (Å²) < 4.78 is 12.9. The highest BCUT2D eigenvalue weighted by molar-refractivity contribution is 5.48. The third-order valence-corrected chi connectivity index (χ3v) is 3.46. The van der Waals surface area contributed by atoms with E-state index in [1.807, 2.05) is 0 Å². The van der Waals surface area contributed by atoms with Crippen LogP contribution in [0.3, 0.4) is 0 Å². The quantitative estimate of drug-likeness (QED) is 0.757. The van der Waals surface area contributed by atoms with Crippen molar-refractivity contribution in [3.8, 4) is 0 Å². The van der Waals surface area contributed by atoms with E-state index < -0.39 is 6.10 Å². The van der Waals surface area contributed by atoms with Gasteiger partial charge in [0.1, 0.15) is 5.82 Å². The van der Waals surface area contributed by atoms with Crippen molar-refractivity contribution in [2.45, 2.75) is 38.2 Å². The summed E-state index contributed by atoms with van der Waals surface area (Å²) in [5.74, 6) is -0.0707. The van der Waals surface area contributed by atoms with Crippen molar-refractivity contribution in [3.05, 3.63) is 29.6 Å². The van der Waals surface area contributed by atoms with Crippen molar-refractivity contribution >= 4 is 5.69 Å². The second kappa shape index (κ2) is 4.83. The lowest BCUT2D eigenvalue weighted by atomic mass is 9.82. The van der Waals surface area contributed by atoms with Crippen LogP contribution < -0.4 is 5.73 Å². The first-order valence-electron chi connectivity index (χ1n) is 5.91. The first kappa shape index (κ1) is 11.4. The van der Waals surface area contributed by atoms with Gasteiger partial charge in [0.25, 0.3) is 0 Å². The van der Waals surface area contributed by atoms with Gasteiger partial charge in [-0.3, -0.25) is 0 Å². The molecule has 1 atom stereocenters. The second-order valence-electron chi connectivity index (χ2n) is 4.62. The van der Waals surface area contributed by atoms with Crippen LogP contribution in [0.1, 0.15) is 43.8 Å². The van der Waals surface area contributed by atoms with Crippen LogP contribution in [0.5, 0.6) is 0 Å². The molecule has 88 valence electrons. The summed E-state index contributed by atoms with van der Waals surface area (Å²) in [6.45, 7) is 0. The Hall–Kier alpha value is -1.09. The zero-order valence-corrected chi connectivity index (χ0v) is 9.32. The van der Waals surface area contributed by atoms with Crippen molar-refractivity contribution in [1.82, 2.24) is 0 Å². The molecule has 1 saturated carbocycles. The Labute approximate surface area is 95.3 Å². The van der Waals surface area contributed by atoms with Crippen LogP contribution in [0, 0.1) is 11.7 Å². The standard InChI is InChI=1S/C13H18FNO/c14-10-6-7-11(12(15)8-10)13(16)9-4-2-1-3-5-9/h6-9,13,16H,1-5,15H2. The summed E-state index contributed by atoms with van der Waals surface area (Å²) in [6.07, 6.45) is 5.13. The Kier molecular flexibility index (Phi) is 3.44. The van der Waals surface area contributed by atoms with Gasteiger partial charge in [0.15, 0.2) is 0 Å². The molecule has 0 aliphatic heterocycles. The average molecular weight is 223 g/mol. The Morgan fingerprint density at radius 1 is 1.25 bits per heavy atom. The molecule has 3 N–H and O–H groups in total. The highest BCUT2D eigenvalue weighted by Gasteiger charge is 2.24. The molecule has 0 bridgehead atoms. The van der Waals surface area contributed by atoms with Crippen molar-refractivity contribution in [1.29, 1.82) is 0 Å². The minimum Gasteiger partial charge on any atom is -0.398 e. The molecule has 0 spiro atoms. The van der Waals surface area contributed by atoms with Gasteiger partial charge in [-0.2, -0.15) is 0 Å². The maximum atomic E-state index is 12.9. The molecule has 0 amide bonds. The molecule has 0 radical (unpaired) electrons. The molecule has 2 rings (SSSR count). The normalized spacial score (nSPS) is 19.6. The Balaban J connectivity index is 2.15. The van der Waals surface area contributed by atoms with Gasteiger partial charge in [-0.15, -0.1) is 0 Å². The van der Waals surface area contributed by atoms with Gasteiger partial charge in [-0.25, -0.2) is 4.39 Å². The second-order valence-corrected chi connectivity index (χ2v) is 4.62. The SMILES string of the molecule is Nc1cc(F)ccc1C(O)C1CCCCC1. The van der Waals surface area contributed by atoms with Crippen LogP contribution in [0.25, 0.3) is 0 Å². The fourth-order valence-corrected chi connectivity index (χ4v) is 2.52. The molecule has 16 heavy (non-hydrogen) atoms. The predicted molar refractivity (Wildman–Crippen MR) is 62.3 cm³/mol. The van der Waals surface area contributed by atoms with Crippen molar-refractivity contribution < 1.29 is 9.50 Å². The predicted octanol–water partition coefficient (Wildman–Crippen LogP) is 3.02. The molecule has 1 unspecified atom stereocenters. The van der Waals surface area contributed by atoms with Crippen molar-refractivity contribution in [2.75, 3.05) is 5.73 Å². The largest absolute Gasteiger partial charge is 0.398 e. The molecule has 2 nitrogen and oxygen atoms in total. The van der Waals surface area contributed by atoms with E-state index in [4.69, 9.17) is 5.73 Å². The number of hydrogen-bond acceptors (Lipinski definition) is 2. The maximum Gasteiger partial charge on any atom is 0.125 e. The number of aliphatic hydroxyl groups is 1. The molecule has 0 saturated heterocycles. The lowest BCUT2D eigenvalue weighted by Gasteiger charge is -2.27. The molecule has 0 aromatic heterocycles. The third kappa shape index (κ3) is 2.35. The van der Waals surface area contributed by atoms with Gasteiger partial charge in [0.05, 0.1) is 6.10 Å². The highest BCUT2D eigenvalue weighted by atomic mass is 19.1. The van der Waals surface area contributed by atoms with Crippen molar-refractivity contribution in [3.63, 3.8) is 0 Å². The Morgan fingerprint density at radius 3 is 2.56 bits per heavy atom. The lowest BCUT2D eigenvalue weighted by Crippen LogP contribution is -2.17. The van der Waals surface area contributed by atoms with Gasteiger partial charge in [-0.1, -0.05) is 25.3 Å². The number of hydrogen-bond donors (Lipinski definition) is 2. The fraction of sp³-hybridized carbons (Fsp3) is 0.538. The average Bonchev–Trinajstić information content (AvgIpc) is 2.29. The van der Waals surface area contributed by atoms with Crippen LogP contribution in [0.2, 0.25) is 0 Å². The molecule has 0 heterocycles. The molecule has 1 aromatic carbocycles. The van der Waals surface area contributed by atoms with E-state index in [0.717, 1.165) is 12.8 Å². The van der Waals surface area contributed by atoms with Crippen LogP contribution >= 0.6 is 0 Å². The Morgan fingerprint density at radius 2 is 1.94 bits per heavy atom. The maximum absolute atomic E-state index is 12.9. The number of anilines is 1. The van der Waals surface area contributed by atoms with E-state index in [0.29, 0.717) is 11.3 Å². The number of nitrogen functional groups attached to an aromatic ring is 1. The topological polar surface area (TPSA) is 46.2 Å². The van der Waals surface area contributed by atoms with Gasteiger partial charge in [0, 0.05) is 11.3 Å². The van der Waals surface area contributed by atoms with Crippen LogP contribution in [0.15, 0.2) is 18.2 Å².